The number of aromatic amines is 1. The van der Waals surface area contributed by atoms with Gasteiger partial charge in [0, 0.05) is 0 Å². The zero-order valence-electron chi connectivity index (χ0n) is 4.47. The summed E-state index contributed by atoms with van der Waals surface area (Å²) < 4.78 is 0.860. The molecule has 0 aliphatic rings. The fourth-order valence-electron chi connectivity index (χ4n) is 0.450. The minimum atomic E-state index is -0.451. The van der Waals surface area contributed by atoms with Gasteiger partial charge in [0.1, 0.15) is 0 Å². The van der Waals surface area contributed by atoms with E-state index < -0.39 is 4.92 Å². The topological polar surface area (TPSA) is 71.8 Å². The Morgan fingerprint density at radius 1 is 1.60 bits per heavy atom. The summed E-state index contributed by atoms with van der Waals surface area (Å²) in [4.78, 5) is 9.79. The number of hydrogen-bond acceptors (Lipinski definition) is 3. The van der Waals surface area contributed by atoms with E-state index in [0.29, 0.717) is 7.40 Å². The minimum Gasteiger partial charge on any atom is -0.265 e. The summed E-state index contributed by atoms with van der Waals surface area (Å²) in [5.74, 6) is 0. The molecule has 10 heavy (non-hydrogen) atoms. The highest BCUT2D eigenvalue weighted by atomic mass is 127. The molecule has 1 aromatic rings. The van der Waals surface area contributed by atoms with E-state index in [-0.39, 0.29) is 5.69 Å². The predicted molar refractivity (Wildman–Crippen MR) is 50.7 cm³/mol. The lowest BCUT2D eigenvalue weighted by Crippen LogP contribution is -1.89. The van der Waals surface area contributed by atoms with Gasteiger partial charge in [-0.1, -0.05) is 0 Å². The monoisotopic (exact) mass is 365 g/mol. The van der Waals surface area contributed by atoms with E-state index in [1.807, 2.05) is 45.2 Å². The Morgan fingerprint density at radius 3 is 2.40 bits per heavy atom. The Kier molecular flexibility index (Phi) is 2.44. The van der Waals surface area contributed by atoms with E-state index in [2.05, 4.69) is 10.2 Å². The molecule has 7 heteroatoms. The first-order valence-corrected chi connectivity index (χ1v) is 4.32. The zero-order valence-corrected chi connectivity index (χ0v) is 8.78. The molecule has 0 spiro atoms. The van der Waals surface area contributed by atoms with Crippen LogP contribution in [0.2, 0.25) is 0 Å². The summed E-state index contributed by atoms with van der Waals surface area (Å²) >= 11 is 3.64. The van der Waals surface area contributed by atoms with E-state index in [9.17, 15) is 10.1 Å². The first kappa shape index (κ1) is 8.17. The van der Waals surface area contributed by atoms with Crippen LogP contribution in [-0.4, -0.2) is 15.1 Å². The summed E-state index contributed by atoms with van der Waals surface area (Å²) in [6.45, 7) is 0. The van der Waals surface area contributed by atoms with Crippen molar-refractivity contribution < 1.29 is 4.92 Å². The summed E-state index contributed by atoms with van der Waals surface area (Å²) in [5, 5.41) is 16.4. The van der Waals surface area contributed by atoms with E-state index in [4.69, 9.17) is 0 Å². The van der Waals surface area contributed by atoms with E-state index in [1.165, 1.54) is 0 Å². The van der Waals surface area contributed by atoms with Gasteiger partial charge in [-0.05, 0) is 45.2 Å². The van der Waals surface area contributed by atoms with Gasteiger partial charge < -0.3 is 0 Å². The number of nitro groups is 1. The number of H-pyrrole nitrogens is 1. The zero-order chi connectivity index (χ0) is 7.72. The first-order valence-electron chi connectivity index (χ1n) is 2.16. The van der Waals surface area contributed by atoms with Crippen LogP contribution in [0, 0.1) is 17.5 Å². The largest absolute Gasteiger partial charge is 0.333 e. The Morgan fingerprint density at radius 2 is 2.20 bits per heavy atom. The van der Waals surface area contributed by atoms with Crippen LogP contribution in [0.25, 0.3) is 0 Å². The van der Waals surface area contributed by atoms with Crippen molar-refractivity contribution in [3.05, 3.63) is 17.5 Å². The summed E-state index contributed by atoms with van der Waals surface area (Å²) in [6.07, 6.45) is 0. The molecule has 1 N–H and O–H groups in total. The highest BCUT2D eigenvalue weighted by Gasteiger charge is 2.19. The van der Waals surface area contributed by atoms with Gasteiger partial charge in [-0.15, -0.1) is 0 Å². The quantitative estimate of drug-likeness (QED) is 0.466. The smallest absolute Gasteiger partial charge is 0.265 e. The summed E-state index contributed by atoms with van der Waals surface area (Å²) in [6, 6.07) is 0. The van der Waals surface area contributed by atoms with E-state index >= 15 is 0 Å². The molecule has 1 rings (SSSR count). The number of halogens is 2. The maximum absolute atomic E-state index is 10.2. The molecule has 5 nitrogen and oxygen atoms in total. The van der Waals surface area contributed by atoms with Crippen LogP contribution >= 0.6 is 45.2 Å². The SMILES string of the molecule is O=[N+]([O-])c1c(I)n[nH]c1I. The minimum absolute atomic E-state index is 0.0567. The lowest BCUT2D eigenvalue weighted by Gasteiger charge is -1.83. The molecule has 0 aliphatic carbocycles. The van der Waals surface area contributed by atoms with Crippen LogP contribution in [0.5, 0.6) is 0 Å². The fourth-order valence-corrected chi connectivity index (χ4v) is 2.13. The molecule has 0 amide bonds. The third-order valence-electron chi connectivity index (χ3n) is 0.838. The van der Waals surface area contributed by atoms with Crippen molar-refractivity contribution >= 4 is 50.9 Å². The van der Waals surface area contributed by atoms with Crippen LogP contribution in [0.3, 0.4) is 0 Å². The van der Waals surface area contributed by atoms with Crippen molar-refractivity contribution in [2.45, 2.75) is 0 Å². The molecule has 0 saturated heterocycles. The highest BCUT2D eigenvalue weighted by Crippen LogP contribution is 2.23. The van der Waals surface area contributed by atoms with Crippen LogP contribution in [-0.2, 0) is 0 Å². The predicted octanol–water partition coefficient (Wildman–Crippen LogP) is 1.53. The molecule has 0 unspecified atom stereocenters. The highest BCUT2D eigenvalue weighted by molar-refractivity contribution is 14.1. The van der Waals surface area contributed by atoms with Gasteiger partial charge in [0.25, 0.3) is 0 Å². The lowest BCUT2D eigenvalue weighted by molar-refractivity contribution is -0.386. The molecule has 0 aliphatic heterocycles. The normalized spacial score (nSPS) is 9.80. The third kappa shape index (κ3) is 1.38. The summed E-state index contributed by atoms with van der Waals surface area (Å²) in [5.41, 5.74) is 0.0567. The molecular formula is C3HI2N3O2. The van der Waals surface area contributed by atoms with E-state index in [1.54, 1.807) is 0 Å². The molecule has 54 valence electrons. The summed E-state index contributed by atoms with van der Waals surface area (Å²) in [7, 11) is 0. The van der Waals surface area contributed by atoms with Crippen LogP contribution in [0.15, 0.2) is 0 Å². The molecule has 1 heterocycles. The maximum atomic E-state index is 10.2. The number of rotatable bonds is 1. The second-order valence-electron chi connectivity index (χ2n) is 1.43. The van der Waals surface area contributed by atoms with Gasteiger partial charge in [0.15, 0.2) is 3.70 Å². The molecule has 0 saturated carbocycles. The lowest BCUT2D eigenvalue weighted by atomic mass is 10.6. The van der Waals surface area contributed by atoms with Gasteiger partial charge in [-0.3, -0.25) is 15.2 Å². The first-order chi connectivity index (χ1) is 4.63. The number of hydrogen-bond donors (Lipinski definition) is 1. The van der Waals surface area contributed by atoms with Crippen LogP contribution < -0.4 is 0 Å². The Hall–Kier alpha value is 0.0700. The van der Waals surface area contributed by atoms with Crippen molar-refractivity contribution in [3.8, 4) is 0 Å². The van der Waals surface area contributed by atoms with Crippen molar-refractivity contribution in [2.75, 3.05) is 0 Å². The molecule has 0 aromatic carbocycles. The Labute approximate surface area is 83.0 Å². The standard InChI is InChI=1S/C3HI2N3O2/c4-2-1(8(9)10)3(5)7-6-2/h(H,6,7). The second-order valence-corrected chi connectivity index (χ2v) is 3.53. The molecule has 0 fully saturated rings. The van der Waals surface area contributed by atoms with Crippen molar-refractivity contribution in [1.82, 2.24) is 10.2 Å². The number of nitrogens with one attached hydrogen (secondary N) is 1. The molecule has 0 bridgehead atoms. The third-order valence-corrected chi connectivity index (χ3v) is 2.34. The fraction of sp³-hybridized carbons (Fsp3) is 0. The van der Waals surface area contributed by atoms with Crippen LogP contribution in [0.1, 0.15) is 0 Å². The number of aromatic nitrogens is 2. The average Bonchev–Trinajstić information content (AvgIpc) is 2.11. The molecule has 0 radical (unpaired) electrons. The molecule has 1 aromatic heterocycles. The Balaban J connectivity index is 3.23. The van der Waals surface area contributed by atoms with Gasteiger partial charge >= 0.3 is 5.69 Å². The van der Waals surface area contributed by atoms with Crippen molar-refractivity contribution in [1.29, 1.82) is 0 Å². The Bertz CT molecular complexity index is 251. The van der Waals surface area contributed by atoms with Crippen molar-refractivity contribution in [2.24, 2.45) is 0 Å². The average molecular weight is 365 g/mol. The van der Waals surface area contributed by atoms with Crippen molar-refractivity contribution in [3.63, 3.8) is 0 Å². The van der Waals surface area contributed by atoms with Gasteiger partial charge in [0.2, 0.25) is 3.70 Å². The van der Waals surface area contributed by atoms with Gasteiger partial charge in [-0.25, -0.2) is 0 Å². The van der Waals surface area contributed by atoms with Crippen LogP contribution in [0.4, 0.5) is 5.69 Å². The molecular weight excluding hydrogens is 364 g/mol. The second kappa shape index (κ2) is 2.98. The van der Waals surface area contributed by atoms with Gasteiger partial charge in [0.05, 0.1) is 4.92 Å². The van der Waals surface area contributed by atoms with E-state index in [0.717, 1.165) is 0 Å². The molecule has 0 atom stereocenters. The van der Waals surface area contributed by atoms with Gasteiger partial charge in [-0.2, -0.15) is 5.10 Å². The maximum Gasteiger partial charge on any atom is 0.333 e. The number of nitrogens with zero attached hydrogens (tertiary/aromatic N) is 2.